The largest absolute Gasteiger partial charge is 0.326 e. The van der Waals surface area contributed by atoms with Crippen molar-refractivity contribution in [3.05, 3.63) is 29.8 Å². The van der Waals surface area contributed by atoms with Crippen molar-refractivity contribution in [1.82, 2.24) is 10.2 Å². The summed E-state index contributed by atoms with van der Waals surface area (Å²) in [6.07, 6.45) is 0. The van der Waals surface area contributed by atoms with E-state index in [1.807, 2.05) is 19.9 Å². The van der Waals surface area contributed by atoms with Gasteiger partial charge in [0.15, 0.2) is 0 Å². The number of hydrogen-bond donors (Lipinski definition) is 2. The van der Waals surface area contributed by atoms with Crippen LogP contribution in [0.5, 0.6) is 0 Å². The lowest BCUT2D eigenvalue weighted by Gasteiger charge is -2.14. The summed E-state index contributed by atoms with van der Waals surface area (Å²) in [6, 6.07) is 7.19. The molecular formula is C15H16N4O3. The number of nitrogens with one attached hydrogen (secondary N) is 2. The number of nitriles is 1. The van der Waals surface area contributed by atoms with E-state index in [9.17, 15) is 14.4 Å². The summed E-state index contributed by atoms with van der Waals surface area (Å²) in [5.41, 5.74) is 0.851. The van der Waals surface area contributed by atoms with Crippen molar-refractivity contribution in [3.63, 3.8) is 0 Å². The molecule has 0 aliphatic carbocycles. The number of carbonyl (C=O) groups excluding carboxylic acids is 3. The molecule has 1 aromatic carbocycles. The number of urea groups is 1. The van der Waals surface area contributed by atoms with Crippen LogP contribution in [-0.2, 0) is 9.59 Å². The third-order valence-electron chi connectivity index (χ3n) is 3.30. The number of carbonyl (C=O) groups is 3. The maximum Gasteiger partial charge on any atom is 0.325 e. The van der Waals surface area contributed by atoms with Crippen LogP contribution in [-0.4, -0.2) is 35.3 Å². The van der Waals surface area contributed by atoms with Crippen molar-refractivity contribution in [1.29, 1.82) is 5.26 Å². The fourth-order valence-corrected chi connectivity index (χ4v) is 2.15. The second-order valence-electron chi connectivity index (χ2n) is 5.34. The third kappa shape index (κ3) is 3.23. The monoisotopic (exact) mass is 300 g/mol. The summed E-state index contributed by atoms with van der Waals surface area (Å²) in [6.45, 7) is 3.28. The normalized spacial score (nSPS) is 17.4. The van der Waals surface area contributed by atoms with Crippen molar-refractivity contribution in [2.24, 2.45) is 5.92 Å². The van der Waals surface area contributed by atoms with Crippen LogP contribution >= 0.6 is 0 Å². The number of hydrogen-bond acceptors (Lipinski definition) is 4. The molecule has 1 heterocycles. The molecular weight excluding hydrogens is 284 g/mol. The summed E-state index contributed by atoms with van der Waals surface area (Å²) in [5, 5.41) is 13.9. The molecule has 1 aliphatic rings. The first-order valence-electron chi connectivity index (χ1n) is 6.84. The first-order chi connectivity index (χ1) is 10.4. The fraction of sp³-hybridized carbons (Fsp3) is 0.333. The minimum atomic E-state index is -0.595. The summed E-state index contributed by atoms with van der Waals surface area (Å²) in [7, 11) is 0. The van der Waals surface area contributed by atoms with E-state index in [0.29, 0.717) is 11.3 Å². The van der Waals surface area contributed by atoms with Gasteiger partial charge in [-0.3, -0.25) is 14.5 Å². The van der Waals surface area contributed by atoms with Crippen molar-refractivity contribution < 1.29 is 14.4 Å². The molecule has 1 aliphatic heterocycles. The summed E-state index contributed by atoms with van der Waals surface area (Å²) in [4.78, 5) is 36.7. The molecule has 1 atom stereocenters. The summed E-state index contributed by atoms with van der Waals surface area (Å²) in [5.74, 6) is -0.944. The van der Waals surface area contributed by atoms with Gasteiger partial charge in [-0.1, -0.05) is 19.9 Å². The van der Waals surface area contributed by atoms with E-state index < -0.39 is 23.9 Å². The molecule has 0 radical (unpaired) electrons. The Hall–Kier alpha value is -2.88. The second-order valence-corrected chi connectivity index (χ2v) is 5.34. The van der Waals surface area contributed by atoms with Gasteiger partial charge in [0, 0.05) is 5.69 Å². The molecule has 0 bridgehead atoms. The highest BCUT2D eigenvalue weighted by Crippen LogP contribution is 2.14. The van der Waals surface area contributed by atoms with Crippen molar-refractivity contribution >= 4 is 23.5 Å². The van der Waals surface area contributed by atoms with Crippen LogP contribution in [0.1, 0.15) is 19.4 Å². The first-order valence-corrected chi connectivity index (χ1v) is 6.84. The highest BCUT2D eigenvalue weighted by Gasteiger charge is 2.40. The van der Waals surface area contributed by atoms with Crippen LogP contribution in [0.25, 0.3) is 0 Å². The molecule has 2 rings (SSSR count). The van der Waals surface area contributed by atoms with Gasteiger partial charge in [0.05, 0.1) is 11.6 Å². The maximum atomic E-state index is 12.1. The number of nitrogens with zero attached hydrogens (tertiary/aromatic N) is 2. The number of rotatable bonds is 4. The zero-order chi connectivity index (χ0) is 16.3. The van der Waals surface area contributed by atoms with Gasteiger partial charge in [0.2, 0.25) is 5.91 Å². The van der Waals surface area contributed by atoms with Crippen LogP contribution in [0.3, 0.4) is 0 Å². The molecule has 2 N–H and O–H groups in total. The van der Waals surface area contributed by atoms with E-state index in [0.717, 1.165) is 4.90 Å². The zero-order valence-corrected chi connectivity index (χ0v) is 12.3. The zero-order valence-electron chi connectivity index (χ0n) is 12.3. The number of imide groups is 1. The second kappa shape index (κ2) is 6.26. The first kappa shape index (κ1) is 15.5. The molecule has 1 fully saturated rings. The van der Waals surface area contributed by atoms with E-state index in [1.54, 1.807) is 18.2 Å². The fourth-order valence-electron chi connectivity index (χ4n) is 2.15. The number of benzene rings is 1. The summed E-state index contributed by atoms with van der Waals surface area (Å²) < 4.78 is 0. The standard InChI is InChI=1S/C15H16N4O3/c1-9(2)13-14(21)19(15(22)18-13)8-12(20)17-11-5-3-4-10(6-11)7-16/h3-6,9,13H,8H2,1-2H3,(H,17,20)(H,18,22). The molecule has 1 saturated heterocycles. The van der Waals surface area contributed by atoms with Gasteiger partial charge >= 0.3 is 6.03 Å². The van der Waals surface area contributed by atoms with Crippen LogP contribution in [0.15, 0.2) is 24.3 Å². The van der Waals surface area contributed by atoms with E-state index >= 15 is 0 Å². The highest BCUT2D eigenvalue weighted by molar-refractivity contribution is 6.08. The van der Waals surface area contributed by atoms with Gasteiger partial charge in [-0.15, -0.1) is 0 Å². The minimum Gasteiger partial charge on any atom is -0.326 e. The lowest BCUT2D eigenvalue weighted by atomic mass is 10.1. The quantitative estimate of drug-likeness (QED) is 0.812. The third-order valence-corrected chi connectivity index (χ3v) is 3.30. The Labute approximate surface area is 127 Å². The molecule has 1 unspecified atom stereocenters. The van der Waals surface area contributed by atoms with Crippen LogP contribution in [0.4, 0.5) is 10.5 Å². The van der Waals surface area contributed by atoms with Crippen molar-refractivity contribution in [3.8, 4) is 6.07 Å². The van der Waals surface area contributed by atoms with E-state index in [1.165, 1.54) is 6.07 Å². The predicted octanol–water partition coefficient (Wildman–Crippen LogP) is 1.07. The molecule has 0 aromatic heterocycles. The van der Waals surface area contributed by atoms with Crippen LogP contribution < -0.4 is 10.6 Å². The Morgan fingerprint density at radius 3 is 2.77 bits per heavy atom. The number of amides is 4. The van der Waals surface area contributed by atoms with E-state index in [2.05, 4.69) is 10.6 Å². The van der Waals surface area contributed by atoms with Crippen LogP contribution in [0, 0.1) is 17.2 Å². The topological polar surface area (TPSA) is 102 Å². The van der Waals surface area contributed by atoms with Gasteiger partial charge in [-0.05, 0) is 24.1 Å². The van der Waals surface area contributed by atoms with Gasteiger partial charge in [-0.2, -0.15) is 5.26 Å². The predicted molar refractivity (Wildman–Crippen MR) is 78.7 cm³/mol. The van der Waals surface area contributed by atoms with Gasteiger partial charge in [-0.25, -0.2) is 4.79 Å². The number of anilines is 1. The molecule has 1 aromatic rings. The molecule has 0 saturated carbocycles. The van der Waals surface area contributed by atoms with Crippen molar-refractivity contribution in [2.75, 3.05) is 11.9 Å². The molecule has 0 spiro atoms. The Morgan fingerprint density at radius 1 is 1.45 bits per heavy atom. The Morgan fingerprint density at radius 2 is 2.18 bits per heavy atom. The van der Waals surface area contributed by atoms with Crippen molar-refractivity contribution in [2.45, 2.75) is 19.9 Å². The van der Waals surface area contributed by atoms with Gasteiger partial charge in [0.1, 0.15) is 12.6 Å². The molecule has 4 amide bonds. The highest BCUT2D eigenvalue weighted by atomic mass is 16.2. The van der Waals surface area contributed by atoms with Gasteiger partial charge < -0.3 is 10.6 Å². The van der Waals surface area contributed by atoms with Crippen LogP contribution in [0.2, 0.25) is 0 Å². The Bertz CT molecular complexity index is 663. The molecule has 7 heteroatoms. The van der Waals surface area contributed by atoms with E-state index in [-0.39, 0.29) is 12.5 Å². The average Bonchev–Trinajstić information content (AvgIpc) is 2.75. The summed E-state index contributed by atoms with van der Waals surface area (Å²) >= 11 is 0. The Balaban J connectivity index is 2.02. The van der Waals surface area contributed by atoms with Gasteiger partial charge in [0.25, 0.3) is 5.91 Å². The average molecular weight is 300 g/mol. The molecule has 22 heavy (non-hydrogen) atoms. The maximum absolute atomic E-state index is 12.1. The lowest BCUT2D eigenvalue weighted by Crippen LogP contribution is -2.39. The minimum absolute atomic E-state index is 0.0446. The molecule has 7 nitrogen and oxygen atoms in total. The lowest BCUT2D eigenvalue weighted by molar-refractivity contribution is -0.131. The molecule has 114 valence electrons. The van der Waals surface area contributed by atoms with E-state index in [4.69, 9.17) is 5.26 Å². The Kier molecular flexibility index (Phi) is 4.41. The SMILES string of the molecule is CC(C)C1NC(=O)N(CC(=O)Nc2cccc(C#N)c2)C1=O. The smallest absolute Gasteiger partial charge is 0.325 e.